The number of nitrogens with zero attached hydrogens (tertiary/aromatic N) is 6. The van der Waals surface area contributed by atoms with Crippen LogP contribution in [0.1, 0.15) is 44.1 Å². The lowest BCUT2D eigenvalue weighted by Crippen LogP contribution is -2.56. The Kier molecular flexibility index (Phi) is 8.84. The maximum absolute atomic E-state index is 17.0. The van der Waals surface area contributed by atoms with Gasteiger partial charge in [-0.05, 0) is 61.9 Å². The van der Waals surface area contributed by atoms with Crippen molar-refractivity contribution in [3.05, 3.63) is 60.3 Å². The summed E-state index contributed by atoms with van der Waals surface area (Å²) in [5.74, 6) is 0.597. The average Bonchev–Trinajstić information content (AvgIpc) is 3.76. The second-order valence-corrected chi connectivity index (χ2v) is 14.4. The Morgan fingerprint density at radius 2 is 1.96 bits per heavy atom. The van der Waals surface area contributed by atoms with Crippen LogP contribution in [0.5, 0.6) is 11.8 Å². The number of phenols is 1. The Bertz CT molecular complexity index is 2200. The third kappa shape index (κ3) is 6.06. The number of pyridine rings is 1. The number of carbonyl (C=O) groups excluding carboxylic acids is 2. The van der Waals surface area contributed by atoms with Gasteiger partial charge in [0.2, 0.25) is 11.8 Å². The first-order chi connectivity index (χ1) is 25.6. The summed E-state index contributed by atoms with van der Waals surface area (Å²) in [4.78, 5) is 44.7. The number of alkyl halides is 1. The van der Waals surface area contributed by atoms with Crippen molar-refractivity contribution >= 4 is 39.3 Å². The van der Waals surface area contributed by atoms with Gasteiger partial charge in [-0.2, -0.15) is 9.97 Å². The fourth-order valence-electron chi connectivity index (χ4n) is 8.89. The lowest BCUT2D eigenvalue weighted by molar-refractivity contribution is -0.134. The molecule has 4 atom stereocenters. The van der Waals surface area contributed by atoms with Crippen molar-refractivity contribution in [2.75, 3.05) is 44.2 Å². The maximum atomic E-state index is 17.0. The summed E-state index contributed by atoms with van der Waals surface area (Å²) >= 11 is 0. The predicted octanol–water partition coefficient (Wildman–Crippen LogP) is 4.64. The van der Waals surface area contributed by atoms with Gasteiger partial charge < -0.3 is 25.0 Å². The van der Waals surface area contributed by atoms with Crippen LogP contribution in [0.25, 0.3) is 32.9 Å². The number of piperazine rings is 1. The summed E-state index contributed by atoms with van der Waals surface area (Å²) in [5, 5.41) is 14.2. The van der Waals surface area contributed by atoms with Crippen molar-refractivity contribution in [2.45, 2.75) is 62.3 Å². The molecule has 274 valence electrons. The second-order valence-electron chi connectivity index (χ2n) is 14.4. The third-order valence-corrected chi connectivity index (χ3v) is 11.2. The number of amides is 2. The molecule has 11 nitrogen and oxygen atoms in total. The average molecular weight is 726 g/mol. The normalized spacial score (nSPS) is 23.7. The summed E-state index contributed by atoms with van der Waals surface area (Å²) in [6.07, 6.45) is 11.0. The molecule has 8 rings (SSSR count). The summed E-state index contributed by atoms with van der Waals surface area (Å²) in [5.41, 5.74) is -0.826. The maximum Gasteiger partial charge on any atom is 0.319 e. The van der Waals surface area contributed by atoms with Crippen molar-refractivity contribution < 1.29 is 32.6 Å². The Hall–Kier alpha value is -5.42. The first-order valence-corrected chi connectivity index (χ1v) is 17.9. The molecule has 6 heterocycles. The number of fused-ring (bicyclic) bond motifs is 5. The summed E-state index contributed by atoms with van der Waals surface area (Å²) in [6, 6.07) is 4.96. The molecule has 2 N–H and O–H groups in total. The molecule has 4 unspecified atom stereocenters. The lowest BCUT2D eigenvalue weighted by atomic mass is 9.95. The molecule has 4 fully saturated rings. The number of anilines is 1. The van der Waals surface area contributed by atoms with Crippen molar-refractivity contribution in [1.82, 2.24) is 30.1 Å². The number of hydrogen-bond acceptors (Lipinski definition) is 9. The van der Waals surface area contributed by atoms with E-state index in [9.17, 15) is 23.5 Å². The highest BCUT2D eigenvalue weighted by Gasteiger charge is 2.49. The van der Waals surface area contributed by atoms with Crippen LogP contribution in [0.3, 0.4) is 0 Å². The highest BCUT2D eigenvalue weighted by molar-refractivity contribution is 6.03. The molecule has 2 bridgehead atoms. The quantitative estimate of drug-likeness (QED) is 0.188. The van der Waals surface area contributed by atoms with Crippen LogP contribution in [0.2, 0.25) is 0 Å². The highest BCUT2D eigenvalue weighted by Crippen LogP contribution is 2.42. The number of aromatic nitrogens is 3. The summed E-state index contributed by atoms with van der Waals surface area (Å²) in [6.45, 7) is 5.66. The van der Waals surface area contributed by atoms with Crippen LogP contribution in [-0.4, -0.2) is 105 Å². The molecule has 4 aliphatic rings. The van der Waals surface area contributed by atoms with Crippen LogP contribution in [0.15, 0.2) is 43.1 Å². The molecule has 4 aromatic rings. The molecule has 0 aliphatic carbocycles. The predicted molar refractivity (Wildman–Crippen MR) is 192 cm³/mol. The van der Waals surface area contributed by atoms with E-state index in [4.69, 9.17) is 16.1 Å². The largest absolute Gasteiger partial charge is 0.508 e. The Labute approximate surface area is 303 Å². The van der Waals surface area contributed by atoms with Crippen molar-refractivity contribution in [3.8, 4) is 35.4 Å². The van der Waals surface area contributed by atoms with E-state index < -0.39 is 23.3 Å². The number of hydrogen-bond donors (Lipinski definition) is 2. The van der Waals surface area contributed by atoms with E-state index in [-0.39, 0.29) is 83.0 Å². The van der Waals surface area contributed by atoms with Crippen molar-refractivity contribution in [1.29, 1.82) is 0 Å². The van der Waals surface area contributed by atoms with Gasteiger partial charge in [0, 0.05) is 68.3 Å². The topological polar surface area (TPSA) is 124 Å². The SMILES string of the molecule is C#Cc1c(F)ccc2cc(O)cc(-c3ncc4c(N5CC6CCC(C5)N6C(=O)CCNC(=O)C=C)nc(OCC56CCCN5CC(F)C6)nc4c3F)c12. The van der Waals surface area contributed by atoms with E-state index in [0.717, 1.165) is 38.3 Å². The molecule has 53 heavy (non-hydrogen) atoms. The first-order valence-electron chi connectivity index (χ1n) is 17.9. The van der Waals surface area contributed by atoms with Crippen LogP contribution < -0.4 is 15.0 Å². The zero-order chi connectivity index (χ0) is 37.0. The number of phenolic OH excluding ortho intramolecular Hbond substituents is 1. The molecule has 14 heteroatoms. The molecule has 0 spiro atoms. The smallest absolute Gasteiger partial charge is 0.319 e. The molecule has 2 aromatic carbocycles. The van der Waals surface area contributed by atoms with Gasteiger partial charge in [-0.15, -0.1) is 6.42 Å². The minimum absolute atomic E-state index is 0.0698. The summed E-state index contributed by atoms with van der Waals surface area (Å²) in [7, 11) is 0. The number of carbonyl (C=O) groups is 2. The number of terminal acetylenes is 1. The minimum Gasteiger partial charge on any atom is -0.508 e. The highest BCUT2D eigenvalue weighted by atomic mass is 19.1. The number of nitrogens with one attached hydrogen (secondary N) is 1. The second kappa shape index (κ2) is 13.5. The molecular formula is C39H38F3N7O4. The number of rotatable bonds is 9. The third-order valence-electron chi connectivity index (χ3n) is 11.2. The zero-order valence-corrected chi connectivity index (χ0v) is 29.0. The van der Waals surface area contributed by atoms with Crippen molar-refractivity contribution in [2.24, 2.45) is 0 Å². The van der Waals surface area contributed by atoms with E-state index in [1.54, 1.807) is 0 Å². The van der Waals surface area contributed by atoms with Crippen LogP contribution in [0.4, 0.5) is 19.0 Å². The zero-order valence-electron chi connectivity index (χ0n) is 29.0. The number of halogens is 3. The van der Waals surface area contributed by atoms with Crippen LogP contribution in [0, 0.1) is 24.0 Å². The van der Waals surface area contributed by atoms with E-state index in [1.807, 2.05) is 9.80 Å². The number of aromatic hydroxyl groups is 1. The standard InChI is InChI=1S/C39H38F3N7O4/c1-3-27-30(41)9-6-22-14-26(50)15-28(33(22)27)35-34(42)36-29(17-44-35)37(46-38(45-36)53-21-39-11-5-13-48(39)18-23(40)16-39)47-19-24-7-8-25(20-47)49(24)32(52)10-12-43-31(51)4-2/h1,4,6,9,14-15,17,23-25,50H,2,5,7-8,10-13,16,18-21H2,(H,43,51). The van der Waals surface area contributed by atoms with Crippen LogP contribution >= 0.6 is 0 Å². The lowest BCUT2D eigenvalue weighted by Gasteiger charge is -2.42. The summed E-state index contributed by atoms with van der Waals surface area (Å²) < 4.78 is 52.8. The molecule has 2 aromatic heterocycles. The van der Waals surface area contributed by atoms with Gasteiger partial charge in [0.05, 0.1) is 16.5 Å². The van der Waals surface area contributed by atoms with E-state index >= 15 is 4.39 Å². The van der Waals surface area contributed by atoms with Gasteiger partial charge in [0.15, 0.2) is 5.82 Å². The molecular weight excluding hydrogens is 687 g/mol. The Morgan fingerprint density at radius 3 is 2.72 bits per heavy atom. The van der Waals surface area contributed by atoms with Crippen LogP contribution in [-0.2, 0) is 9.59 Å². The fraction of sp³-hybridized carbons (Fsp3) is 0.410. The van der Waals surface area contributed by atoms with Gasteiger partial charge >= 0.3 is 6.01 Å². The number of benzene rings is 2. The molecule has 4 aliphatic heterocycles. The fourth-order valence-corrected chi connectivity index (χ4v) is 8.89. The molecule has 0 saturated carbocycles. The first kappa shape index (κ1) is 34.7. The van der Waals surface area contributed by atoms with Crippen molar-refractivity contribution in [3.63, 3.8) is 0 Å². The molecule has 2 amide bonds. The van der Waals surface area contributed by atoms with Gasteiger partial charge in [0.25, 0.3) is 0 Å². The Balaban J connectivity index is 1.19. The number of ether oxygens (including phenoxy) is 1. The minimum atomic E-state index is -0.972. The molecule has 4 saturated heterocycles. The van der Waals surface area contributed by atoms with E-state index in [0.29, 0.717) is 42.6 Å². The monoisotopic (exact) mass is 725 g/mol. The van der Waals surface area contributed by atoms with Gasteiger partial charge in [-0.1, -0.05) is 18.6 Å². The van der Waals surface area contributed by atoms with E-state index in [1.165, 1.54) is 30.5 Å². The van der Waals surface area contributed by atoms with Gasteiger partial charge in [-0.25, -0.2) is 13.2 Å². The Morgan fingerprint density at radius 1 is 1.17 bits per heavy atom. The molecule has 0 radical (unpaired) electrons. The van der Waals surface area contributed by atoms with Gasteiger partial charge in [-0.3, -0.25) is 19.5 Å². The van der Waals surface area contributed by atoms with Gasteiger partial charge in [0.1, 0.15) is 41.4 Å². The van der Waals surface area contributed by atoms with E-state index in [2.05, 4.69) is 32.7 Å².